The number of nitrogens with two attached hydrogens (primary N) is 1. The van der Waals surface area contributed by atoms with E-state index in [4.69, 9.17) is 5.73 Å². The van der Waals surface area contributed by atoms with Crippen molar-refractivity contribution in [2.24, 2.45) is 5.73 Å². The van der Waals surface area contributed by atoms with E-state index in [0.717, 1.165) is 12.2 Å². The minimum atomic E-state index is -0.104. The van der Waals surface area contributed by atoms with Crippen LogP contribution in [0.15, 0.2) is 30.0 Å². The Morgan fingerprint density at radius 2 is 2.35 bits per heavy atom. The zero-order valence-corrected chi connectivity index (χ0v) is 11.1. The van der Waals surface area contributed by atoms with Crippen LogP contribution in [0.1, 0.15) is 23.5 Å². The number of aryl methyl sites for hydroxylation is 1. The van der Waals surface area contributed by atoms with Gasteiger partial charge < -0.3 is 10.3 Å². The number of fused-ring (bicyclic) bond motifs is 1. The van der Waals surface area contributed by atoms with E-state index in [0.29, 0.717) is 0 Å². The predicted octanol–water partition coefficient (Wildman–Crippen LogP) is 3.23. The van der Waals surface area contributed by atoms with Gasteiger partial charge in [0.2, 0.25) is 0 Å². The molecule has 0 amide bonds. The van der Waals surface area contributed by atoms with Crippen LogP contribution < -0.4 is 5.73 Å². The summed E-state index contributed by atoms with van der Waals surface area (Å²) in [6.45, 7) is 3.03. The number of rotatable bonds is 3. The van der Waals surface area contributed by atoms with E-state index >= 15 is 0 Å². The normalized spacial score (nSPS) is 13.3. The molecule has 3 nitrogen and oxygen atoms in total. The molecule has 0 aliphatic heterocycles. The SMILES string of the molecule is CCn1cnc(C(N)c2cc3sccc3s2)c1. The van der Waals surface area contributed by atoms with Gasteiger partial charge in [-0.1, -0.05) is 0 Å². The minimum Gasteiger partial charge on any atom is -0.337 e. The maximum absolute atomic E-state index is 6.25. The third-order valence-corrected chi connectivity index (χ3v) is 4.98. The van der Waals surface area contributed by atoms with E-state index in [1.807, 2.05) is 17.1 Å². The fraction of sp³-hybridized carbons (Fsp3) is 0.250. The van der Waals surface area contributed by atoms with Crippen molar-refractivity contribution in [3.63, 3.8) is 0 Å². The highest BCUT2D eigenvalue weighted by Gasteiger charge is 2.15. The maximum Gasteiger partial charge on any atom is 0.0950 e. The summed E-state index contributed by atoms with van der Waals surface area (Å²) in [5, 5.41) is 2.11. The Bertz CT molecular complexity index is 606. The number of nitrogens with zero attached hydrogens (tertiary/aromatic N) is 2. The molecular formula is C12H13N3S2. The van der Waals surface area contributed by atoms with Crippen molar-refractivity contribution >= 4 is 32.1 Å². The van der Waals surface area contributed by atoms with Gasteiger partial charge in [-0.15, -0.1) is 22.7 Å². The van der Waals surface area contributed by atoms with E-state index < -0.39 is 0 Å². The second kappa shape index (κ2) is 4.25. The van der Waals surface area contributed by atoms with E-state index in [1.165, 1.54) is 14.3 Å². The monoisotopic (exact) mass is 263 g/mol. The largest absolute Gasteiger partial charge is 0.337 e. The Kier molecular flexibility index (Phi) is 2.74. The standard InChI is InChI=1S/C12H13N3S2/c1-2-15-6-8(14-7-15)12(13)11-5-10-9(17-11)3-4-16-10/h3-7,12H,2,13H2,1H3. The van der Waals surface area contributed by atoms with Gasteiger partial charge in [0.05, 0.1) is 18.1 Å². The Morgan fingerprint density at radius 1 is 1.47 bits per heavy atom. The molecule has 0 saturated heterocycles. The molecule has 0 aromatic carbocycles. The topological polar surface area (TPSA) is 43.8 Å². The first-order valence-electron chi connectivity index (χ1n) is 5.52. The molecule has 1 atom stereocenters. The number of hydrogen-bond donors (Lipinski definition) is 1. The molecule has 0 aliphatic carbocycles. The minimum absolute atomic E-state index is 0.104. The molecule has 1 unspecified atom stereocenters. The molecule has 88 valence electrons. The maximum atomic E-state index is 6.25. The van der Waals surface area contributed by atoms with Gasteiger partial charge in [-0.2, -0.15) is 0 Å². The second-order valence-corrected chi connectivity index (χ2v) is 5.97. The van der Waals surface area contributed by atoms with Crippen LogP contribution in [0.25, 0.3) is 9.40 Å². The van der Waals surface area contributed by atoms with Gasteiger partial charge in [-0.25, -0.2) is 4.98 Å². The molecule has 0 radical (unpaired) electrons. The highest BCUT2D eigenvalue weighted by Crippen LogP contribution is 2.34. The zero-order valence-electron chi connectivity index (χ0n) is 9.46. The van der Waals surface area contributed by atoms with Crippen LogP contribution >= 0.6 is 22.7 Å². The average Bonchev–Trinajstić information content (AvgIpc) is 3.02. The first-order valence-corrected chi connectivity index (χ1v) is 7.21. The molecule has 0 aliphatic rings. The molecule has 3 aromatic heterocycles. The summed E-state index contributed by atoms with van der Waals surface area (Å²) in [6, 6.07) is 4.22. The van der Waals surface area contributed by atoms with Crippen molar-refractivity contribution in [1.82, 2.24) is 9.55 Å². The lowest BCUT2D eigenvalue weighted by Gasteiger charge is -2.04. The lowest BCUT2D eigenvalue weighted by molar-refractivity contribution is 0.758. The number of imidazole rings is 1. The molecule has 3 aromatic rings. The quantitative estimate of drug-likeness (QED) is 0.788. The highest BCUT2D eigenvalue weighted by atomic mass is 32.1. The molecule has 3 rings (SSSR count). The summed E-state index contributed by atoms with van der Waals surface area (Å²) < 4.78 is 4.68. The summed E-state index contributed by atoms with van der Waals surface area (Å²) in [6.07, 6.45) is 3.86. The van der Waals surface area contributed by atoms with Crippen molar-refractivity contribution in [2.75, 3.05) is 0 Å². The van der Waals surface area contributed by atoms with E-state index in [-0.39, 0.29) is 6.04 Å². The summed E-state index contributed by atoms with van der Waals surface area (Å²) >= 11 is 3.52. The molecule has 2 N–H and O–H groups in total. The third kappa shape index (κ3) is 1.90. The lowest BCUT2D eigenvalue weighted by atomic mass is 10.2. The molecule has 0 fully saturated rings. The Balaban J connectivity index is 1.95. The number of aromatic nitrogens is 2. The molecule has 5 heteroatoms. The fourth-order valence-electron chi connectivity index (χ4n) is 1.79. The summed E-state index contributed by atoms with van der Waals surface area (Å²) in [5.74, 6) is 0. The molecular weight excluding hydrogens is 250 g/mol. The van der Waals surface area contributed by atoms with Gasteiger partial charge in [0, 0.05) is 27.0 Å². The van der Waals surface area contributed by atoms with Gasteiger partial charge in [-0.05, 0) is 24.4 Å². The Morgan fingerprint density at radius 3 is 3.06 bits per heavy atom. The van der Waals surface area contributed by atoms with Gasteiger partial charge in [0.25, 0.3) is 0 Å². The molecule has 0 saturated carbocycles. The van der Waals surface area contributed by atoms with Crippen LogP contribution in [0.4, 0.5) is 0 Å². The smallest absolute Gasteiger partial charge is 0.0950 e. The van der Waals surface area contributed by atoms with Crippen LogP contribution in [0.2, 0.25) is 0 Å². The summed E-state index contributed by atoms with van der Waals surface area (Å²) in [7, 11) is 0. The highest BCUT2D eigenvalue weighted by molar-refractivity contribution is 7.26. The molecule has 17 heavy (non-hydrogen) atoms. The van der Waals surface area contributed by atoms with Crippen molar-refractivity contribution < 1.29 is 0 Å². The van der Waals surface area contributed by atoms with E-state index in [9.17, 15) is 0 Å². The van der Waals surface area contributed by atoms with Crippen LogP contribution in [-0.2, 0) is 6.54 Å². The Labute approximate surface area is 108 Å². The van der Waals surface area contributed by atoms with Crippen molar-refractivity contribution in [2.45, 2.75) is 19.5 Å². The number of thiophene rings is 2. The van der Waals surface area contributed by atoms with Gasteiger partial charge in [0.15, 0.2) is 0 Å². The van der Waals surface area contributed by atoms with Crippen molar-refractivity contribution in [3.05, 3.63) is 40.6 Å². The second-order valence-electron chi connectivity index (χ2n) is 3.90. The first kappa shape index (κ1) is 11.0. The van der Waals surface area contributed by atoms with E-state index in [1.54, 1.807) is 22.7 Å². The lowest BCUT2D eigenvalue weighted by Crippen LogP contribution is -2.10. The van der Waals surface area contributed by atoms with Crippen LogP contribution in [0, 0.1) is 0 Å². The van der Waals surface area contributed by atoms with Gasteiger partial charge >= 0.3 is 0 Å². The van der Waals surface area contributed by atoms with Crippen LogP contribution in [-0.4, -0.2) is 9.55 Å². The fourth-order valence-corrected chi connectivity index (χ4v) is 3.93. The van der Waals surface area contributed by atoms with Crippen molar-refractivity contribution in [3.8, 4) is 0 Å². The third-order valence-electron chi connectivity index (χ3n) is 2.80. The Hall–Kier alpha value is -1.17. The number of hydrogen-bond acceptors (Lipinski definition) is 4. The summed E-state index contributed by atoms with van der Waals surface area (Å²) in [4.78, 5) is 5.55. The van der Waals surface area contributed by atoms with Gasteiger partial charge in [-0.3, -0.25) is 0 Å². The van der Waals surface area contributed by atoms with E-state index in [2.05, 4.69) is 29.4 Å². The average molecular weight is 263 g/mol. The first-order chi connectivity index (χ1) is 8.28. The molecule has 0 spiro atoms. The summed E-state index contributed by atoms with van der Waals surface area (Å²) in [5.41, 5.74) is 7.19. The zero-order chi connectivity index (χ0) is 11.8. The molecule has 3 heterocycles. The van der Waals surface area contributed by atoms with Crippen molar-refractivity contribution in [1.29, 1.82) is 0 Å². The molecule has 0 bridgehead atoms. The predicted molar refractivity (Wildman–Crippen MR) is 73.6 cm³/mol. The van der Waals surface area contributed by atoms with Gasteiger partial charge in [0.1, 0.15) is 0 Å². The van der Waals surface area contributed by atoms with Crippen LogP contribution in [0.5, 0.6) is 0 Å². The van der Waals surface area contributed by atoms with Crippen LogP contribution in [0.3, 0.4) is 0 Å².